The Morgan fingerprint density at radius 3 is 2.53 bits per heavy atom. The van der Waals surface area contributed by atoms with Crippen LogP contribution in [0.1, 0.15) is 71.3 Å². The lowest BCUT2D eigenvalue weighted by atomic mass is 9.88. The van der Waals surface area contributed by atoms with E-state index in [1.54, 1.807) is 0 Å². The van der Waals surface area contributed by atoms with E-state index in [4.69, 9.17) is 0 Å². The summed E-state index contributed by atoms with van der Waals surface area (Å²) < 4.78 is 2.14. The topological polar surface area (TPSA) is 29.9 Å². The van der Waals surface area contributed by atoms with Crippen LogP contribution in [-0.2, 0) is 6.54 Å². The Labute approximate surface area is 118 Å². The van der Waals surface area contributed by atoms with Gasteiger partial charge in [0.25, 0.3) is 0 Å². The molecule has 0 radical (unpaired) electrons. The highest BCUT2D eigenvalue weighted by atomic mass is 15.3. The summed E-state index contributed by atoms with van der Waals surface area (Å²) in [4.78, 5) is 0. The minimum atomic E-state index is 0.387. The molecule has 3 heteroatoms. The van der Waals surface area contributed by atoms with E-state index in [1.807, 2.05) is 0 Å². The number of nitrogens with one attached hydrogen (secondary N) is 1. The van der Waals surface area contributed by atoms with E-state index in [0.29, 0.717) is 11.5 Å². The predicted molar refractivity (Wildman–Crippen MR) is 82.4 cm³/mol. The van der Waals surface area contributed by atoms with Crippen LogP contribution < -0.4 is 5.32 Å². The molecule has 0 spiro atoms. The fourth-order valence-electron chi connectivity index (χ4n) is 2.35. The molecule has 0 fully saturated rings. The summed E-state index contributed by atoms with van der Waals surface area (Å²) >= 11 is 0. The zero-order valence-electron chi connectivity index (χ0n) is 13.6. The highest BCUT2D eigenvalue weighted by Crippen LogP contribution is 2.27. The van der Waals surface area contributed by atoms with Gasteiger partial charge in [-0.1, -0.05) is 27.7 Å². The Morgan fingerprint density at radius 1 is 1.32 bits per heavy atom. The van der Waals surface area contributed by atoms with E-state index in [2.05, 4.69) is 62.7 Å². The lowest BCUT2D eigenvalue weighted by molar-refractivity contribution is 0.325. The van der Waals surface area contributed by atoms with E-state index in [0.717, 1.165) is 18.8 Å². The maximum absolute atomic E-state index is 4.58. The van der Waals surface area contributed by atoms with Crippen molar-refractivity contribution in [3.8, 4) is 0 Å². The van der Waals surface area contributed by atoms with E-state index < -0.39 is 0 Å². The van der Waals surface area contributed by atoms with Gasteiger partial charge >= 0.3 is 0 Å². The van der Waals surface area contributed by atoms with Crippen LogP contribution in [0.4, 0.5) is 0 Å². The first kappa shape index (κ1) is 16.2. The highest BCUT2D eigenvalue weighted by molar-refractivity contribution is 5.13. The number of nitrogens with zero attached hydrogens (tertiary/aromatic N) is 2. The quantitative estimate of drug-likeness (QED) is 0.805. The van der Waals surface area contributed by atoms with Gasteiger partial charge in [-0.25, -0.2) is 0 Å². The lowest BCUT2D eigenvalue weighted by Crippen LogP contribution is -2.26. The second kappa shape index (κ2) is 7.09. The first-order chi connectivity index (χ1) is 8.87. The highest BCUT2D eigenvalue weighted by Gasteiger charge is 2.19. The Balaban J connectivity index is 2.82. The van der Waals surface area contributed by atoms with Crippen molar-refractivity contribution >= 4 is 0 Å². The molecule has 0 saturated carbocycles. The third kappa shape index (κ3) is 5.35. The van der Waals surface area contributed by atoms with Gasteiger partial charge < -0.3 is 5.32 Å². The molecular formula is C16H31N3. The predicted octanol–water partition coefficient (Wildman–Crippen LogP) is 4.08. The molecule has 0 aliphatic heterocycles. The fourth-order valence-corrected chi connectivity index (χ4v) is 2.35. The molecule has 1 atom stereocenters. The molecule has 0 amide bonds. The molecule has 0 bridgehead atoms. The standard InChI is InChI=1S/C16H31N3/c1-7-11-17-14(9-10-16(4,5)6)15-12-13(3)18-19(15)8-2/h12,14,17H,7-11H2,1-6H3. The Kier molecular flexibility index (Phi) is 6.05. The minimum Gasteiger partial charge on any atom is -0.309 e. The normalized spacial score (nSPS) is 13.8. The van der Waals surface area contributed by atoms with Gasteiger partial charge in [0, 0.05) is 12.6 Å². The van der Waals surface area contributed by atoms with Gasteiger partial charge in [-0.15, -0.1) is 0 Å². The van der Waals surface area contributed by atoms with Gasteiger partial charge in [-0.3, -0.25) is 4.68 Å². The average molecular weight is 265 g/mol. The Morgan fingerprint density at radius 2 is 2.00 bits per heavy atom. The molecule has 3 nitrogen and oxygen atoms in total. The van der Waals surface area contributed by atoms with Crippen LogP contribution in [0.3, 0.4) is 0 Å². The molecule has 1 aromatic heterocycles. The number of rotatable bonds is 7. The summed E-state index contributed by atoms with van der Waals surface area (Å²) in [6, 6.07) is 2.67. The number of hydrogen-bond donors (Lipinski definition) is 1. The van der Waals surface area contributed by atoms with Crippen LogP contribution in [0.2, 0.25) is 0 Å². The van der Waals surface area contributed by atoms with Gasteiger partial charge in [-0.05, 0) is 51.1 Å². The minimum absolute atomic E-state index is 0.387. The zero-order chi connectivity index (χ0) is 14.5. The second-order valence-electron chi connectivity index (χ2n) is 6.63. The third-order valence-electron chi connectivity index (χ3n) is 3.41. The second-order valence-corrected chi connectivity index (χ2v) is 6.63. The van der Waals surface area contributed by atoms with Crippen LogP contribution in [0.5, 0.6) is 0 Å². The fraction of sp³-hybridized carbons (Fsp3) is 0.812. The van der Waals surface area contributed by atoms with Crippen LogP contribution in [0.15, 0.2) is 6.07 Å². The summed E-state index contributed by atoms with van der Waals surface area (Å²) in [7, 11) is 0. The Bertz CT molecular complexity index is 374. The molecule has 0 saturated heterocycles. The van der Waals surface area contributed by atoms with Crippen molar-refractivity contribution in [3.63, 3.8) is 0 Å². The van der Waals surface area contributed by atoms with Gasteiger partial charge in [0.05, 0.1) is 11.4 Å². The van der Waals surface area contributed by atoms with Crippen LogP contribution in [-0.4, -0.2) is 16.3 Å². The maximum atomic E-state index is 4.58. The van der Waals surface area contributed by atoms with Gasteiger partial charge in [0.1, 0.15) is 0 Å². The van der Waals surface area contributed by atoms with Crippen molar-refractivity contribution < 1.29 is 0 Å². The lowest BCUT2D eigenvalue weighted by Gasteiger charge is -2.24. The van der Waals surface area contributed by atoms with Crippen molar-refractivity contribution in [2.75, 3.05) is 6.54 Å². The smallest absolute Gasteiger partial charge is 0.0597 e. The molecule has 1 heterocycles. The zero-order valence-corrected chi connectivity index (χ0v) is 13.6. The summed E-state index contributed by atoms with van der Waals surface area (Å²) in [5, 5.41) is 8.26. The van der Waals surface area contributed by atoms with Crippen molar-refractivity contribution in [2.24, 2.45) is 5.41 Å². The molecule has 0 aromatic carbocycles. The summed E-state index contributed by atoms with van der Waals surface area (Å²) in [6.45, 7) is 15.4. The average Bonchev–Trinajstić information content (AvgIpc) is 2.69. The molecule has 1 N–H and O–H groups in total. The molecule has 1 aromatic rings. The molecular weight excluding hydrogens is 234 g/mol. The first-order valence-electron chi connectivity index (χ1n) is 7.65. The van der Waals surface area contributed by atoms with Crippen molar-refractivity contribution in [1.82, 2.24) is 15.1 Å². The van der Waals surface area contributed by atoms with Crippen LogP contribution >= 0.6 is 0 Å². The van der Waals surface area contributed by atoms with Gasteiger partial charge in [0.2, 0.25) is 0 Å². The summed E-state index contributed by atoms with van der Waals surface area (Å²) in [6.07, 6.45) is 3.57. The van der Waals surface area contributed by atoms with Crippen LogP contribution in [0, 0.1) is 12.3 Å². The third-order valence-corrected chi connectivity index (χ3v) is 3.41. The summed E-state index contributed by atoms with van der Waals surface area (Å²) in [5.74, 6) is 0. The Hall–Kier alpha value is -0.830. The number of aromatic nitrogens is 2. The van der Waals surface area contributed by atoms with E-state index in [9.17, 15) is 0 Å². The number of hydrogen-bond acceptors (Lipinski definition) is 2. The van der Waals surface area contributed by atoms with Gasteiger partial charge in [-0.2, -0.15) is 5.10 Å². The molecule has 0 aliphatic rings. The van der Waals surface area contributed by atoms with Crippen LogP contribution in [0.25, 0.3) is 0 Å². The van der Waals surface area contributed by atoms with E-state index >= 15 is 0 Å². The largest absolute Gasteiger partial charge is 0.309 e. The first-order valence-corrected chi connectivity index (χ1v) is 7.65. The maximum Gasteiger partial charge on any atom is 0.0597 e. The molecule has 0 aliphatic carbocycles. The SMILES string of the molecule is CCCNC(CCC(C)(C)C)c1cc(C)nn1CC. The monoisotopic (exact) mass is 265 g/mol. The van der Waals surface area contributed by atoms with Gasteiger partial charge in [0.15, 0.2) is 0 Å². The molecule has 110 valence electrons. The summed E-state index contributed by atoms with van der Waals surface area (Å²) in [5.41, 5.74) is 2.85. The molecule has 1 rings (SSSR count). The van der Waals surface area contributed by atoms with E-state index in [1.165, 1.54) is 25.0 Å². The van der Waals surface area contributed by atoms with Crippen molar-refractivity contribution in [2.45, 2.75) is 73.4 Å². The van der Waals surface area contributed by atoms with E-state index in [-0.39, 0.29) is 0 Å². The molecule has 1 unspecified atom stereocenters. The molecule has 19 heavy (non-hydrogen) atoms. The van der Waals surface area contributed by atoms with Crippen molar-refractivity contribution in [1.29, 1.82) is 0 Å². The number of aryl methyl sites for hydroxylation is 2. The van der Waals surface area contributed by atoms with Crippen molar-refractivity contribution in [3.05, 3.63) is 17.5 Å².